The highest BCUT2D eigenvalue weighted by molar-refractivity contribution is 5.74. The number of ether oxygens (including phenoxy) is 1. The molecule has 0 aliphatic rings. The van der Waals surface area contributed by atoms with E-state index in [0.717, 1.165) is 11.0 Å². The average molecular weight is 219 g/mol. The van der Waals surface area contributed by atoms with Gasteiger partial charge in [0.15, 0.2) is 5.65 Å². The molecule has 16 heavy (non-hydrogen) atoms. The van der Waals surface area contributed by atoms with E-state index in [2.05, 4.69) is 10.1 Å². The van der Waals surface area contributed by atoms with Gasteiger partial charge in [-0.15, -0.1) is 0 Å². The van der Waals surface area contributed by atoms with Crippen LogP contribution in [-0.2, 0) is 16.1 Å². The van der Waals surface area contributed by atoms with Crippen molar-refractivity contribution in [3.63, 3.8) is 0 Å². The quantitative estimate of drug-likeness (QED) is 0.729. The predicted octanol–water partition coefficient (Wildman–Crippen LogP) is 1.38. The minimum Gasteiger partial charge on any atom is -0.466 e. The van der Waals surface area contributed by atoms with Crippen molar-refractivity contribution in [2.75, 3.05) is 6.61 Å². The van der Waals surface area contributed by atoms with Crippen LogP contribution in [0.15, 0.2) is 24.5 Å². The molecule has 5 nitrogen and oxygen atoms in total. The molecule has 0 aromatic carbocycles. The number of hydrogen-bond donors (Lipinski definition) is 0. The molecular weight excluding hydrogens is 206 g/mol. The van der Waals surface area contributed by atoms with Crippen molar-refractivity contribution < 1.29 is 9.53 Å². The molecule has 2 aromatic heterocycles. The minimum absolute atomic E-state index is 0.206. The first-order chi connectivity index (χ1) is 7.81. The molecule has 0 unspecified atom stereocenters. The van der Waals surface area contributed by atoms with E-state index in [-0.39, 0.29) is 5.97 Å². The largest absolute Gasteiger partial charge is 0.466 e. The second-order valence-corrected chi connectivity index (χ2v) is 3.34. The summed E-state index contributed by atoms with van der Waals surface area (Å²) in [7, 11) is 0. The van der Waals surface area contributed by atoms with Gasteiger partial charge in [-0.3, -0.25) is 4.79 Å². The van der Waals surface area contributed by atoms with Gasteiger partial charge in [0, 0.05) is 11.6 Å². The Balaban J connectivity index is 2.07. The maximum atomic E-state index is 11.2. The van der Waals surface area contributed by atoms with Crippen LogP contribution in [0.4, 0.5) is 0 Å². The Labute approximate surface area is 93.0 Å². The Hall–Kier alpha value is -1.91. The summed E-state index contributed by atoms with van der Waals surface area (Å²) in [5.74, 6) is -0.206. The maximum absolute atomic E-state index is 11.2. The van der Waals surface area contributed by atoms with Crippen LogP contribution < -0.4 is 0 Å². The molecule has 5 heteroatoms. The van der Waals surface area contributed by atoms with Crippen LogP contribution in [0, 0.1) is 0 Å². The van der Waals surface area contributed by atoms with E-state index in [4.69, 9.17) is 4.74 Å². The standard InChI is InChI=1S/C11H13N3O2/c1-2-16-10(15)5-7-14-11-9(8-13-14)4-3-6-12-11/h3-4,6,8H,2,5,7H2,1H3. The lowest BCUT2D eigenvalue weighted by Gasteiger charge is -2.02. The topological polar surface area (TPSA) is 57.0 Å². The number of hydrogen-bond acceptors (Lipinski definition) is 4. The number of aromatic nitrogens is 3. The second kappa shape index (κ2) is 4.74. The first-order valence-electron chi connectivity index (χ1n) is 5.23. The summed E-state index contributed by atoms with van der Waals surface area (Å²) in [5, 5.41) is 5.15. The van der Waals surface area contributed by atoms with Crippen LogP contribution in [-0.4, -0.2) is 27.3 Å². The Morgan fingerprint density at radius 1 is 1.56 bits per heavy atom. The molecule has 0 spiro atoms. The number of rotatable bonds is 4. The third kappa shape index (κ3) is 2.18. The van der Waals surface area contributed by atoms with Crippen molar-refractivity contribution >= 4 is 17.0 Å². The van der Waals surface area contributed by atoms with Crippen LogP contribution >= 0.6 is 0 Å². The summed E-state index contributed by atoms with van der Waals surface area (Å²) < 4.78 is 6.57. The molecule has 0 fully saturated rings. The summed E-state index contributed by atoms with van der Waals surface area (Å²) in [6.45, 7) is 2.71. The van der Waals surface area contributed by atoms with Crippen molar-refractivity contribution in [3.05, 3.63) is 24.5 Å². The van der Waals surface area contributed by atoms with Crippen LogP contribution in [0.1, 0.15) is 13.3 Å². The molecule has 0 bridgehead atoms. The summed E-state index contributed by atoms with van der Waals surface area (Å²) in [6, 6.07) is 3.80. The highest BCUT2D eigenvalue weighted by Crippen LogP contribution is 2.09. The van der Waals surface area contributed by atoms with Gasteiger partial charge in [0.1, 0.15) is 0 Å². The molecule has 0 saturated heterocycles. The summed E-state index contributed by atoms with van der Waals surface area (Å²) in [6.07, 6.45) is 3.78. The fraction of sp³-hybridized carbons (Fsp3) is 0.364. The highest BCUT2D eigenvalue weighted by Gasteiger charge is 2.06. The van der Waals surface area contributed by atoms with Crippen molar-refractivity contribution in [1.82, 2.24) is 14.8 Å². The number of fused-ring (bicyclic) bond motifs is 1. The normalized spacial score (nSPS) is 10.6. The van der Waals surface area contributed by atoms with Crippen molar-refractivity contribution in [1.29, 1.82) is 0 Å². The van der Waals surface area contributed by atoms with Gasteiger partial charge >= 0.3 is 5.97 Å². The molecular formula is C11H13N3O2. The van der Waals surface area contributed by atoms with Gasteiger partial charge < -0.3 is 4.74 Å². The third-order valence-electron chi connectivity index (χ3n) is 2.23. The molecule has 0 N–H and O–H groups in total. The first-order valence-corrected chi connectivity index (χ1v) is 5.23. The van der Waals surface area contributed by atoms with E-state index in [1.54, 1.807) is 24.0 Å². The van der Waals surface area contributed by atoms with Crippen LogP contribution in [0.2, 0.25) is 0 Å². The zero-order valence-corrected chi connectivity index (χ0v) is 9.09. The third-order valence-corrected chi connectivity index (χ3v) is 2.23. The van der Waals surface area contributed by atoms with Gasteiger partial charge in [0.05, 0.1) is 25.8 Å². The van der Waals surface area contributed by atoms with Gasteiger partial charge in [-0.1, -0.05) is 0 Å². The number of esters is 1. The fourth-order valence-electron chi connectivity index (χ4n) is 1.51. The van der Waals surface area contributed by atoms with Gasteiger partial charge in [-0.2, -0.15) is 5.10 Å². The summed E-state index contributed by atoms with van der Waals surface area (Å²) in [5.41, 5.74) is 0.798. The number of pyridine rings is 1. The SMILES string of the molecule is CCOC(=O)CCn1ncc2cccnc21. The average Bonchev–Trinajstić information content (AvgIpc) is 2.70. The summed E-state index contributed by atoms with van der Waals surface area (Å²) in [4.78, 5) is 15.4. The first kappa shape index (κ1) is 10.6. The molecule has 2 rings (SSSR count). The van der Waals surface area contributed by atoms with Crippen molar-refractivity contribution in [2.45, 2.75) is 19.9 Å². The van der Waals surface area contributed by atoms with Gasteiger partial charge in [-0.25, -0.2) is 9.67 Å². The zero-order valence-electron chi connectivity index (χ0n) is 9.09. The smallest absolute Gasteiger partial charge is 0.307 e. The Kier molecular flexibility index (Phi) is 3.14. The second-order valence-electron chi connectivity index (χ2n) is 3.34. The lowest BCUT2D eigenvalue weighted by Crippen LogP contribution is -2.10. The Morgan fingerprint density at radius 3 is 3.25 bits per heavy atom. The van der Waals surface area contributed by atoms with E-state index in [0.29, 0.717) is 19.6 Å². The molecule has 0 radical (unpaired) electrons. The lowest BCUT2D eigenvalue weighted by molar-refractivity contribution is -0.143. The van der Waals surface area contributed by atoms with Crippen LogP contribution in [0.25, 0.3) is 11.0 Å². The van der Waals surface area contributed by atoms with Crippen molar-refractivity contribution in [2.24, 2.45) is 0 Å². The Bertz CT molecular complexity index is 493. The van der Waals surface area contributed by atoms with Crippen LogP contribution in [0.3, 0.4) is 0 Å². The summed E-state index contributed by atoms with van der Waals surface area (Å²) >= 11 is 0. The number of aryl methyl sites for hydroxylation is 1. The predicted molar refractivity (Wildman–Crippen MR) is 58.8 cm³/mol. The highest BCUT2D eigenvalue weighted by atomic mass is 16.5. The maximum Gasteiger partial charge on any atom is 0.307 e. The number of nitrogens with zero attached hydrogens (tertiary/aromatic N) is 3. The zero-order chi connectivity index (χ0) is 11.4. The lowest BCUT2D eigenvalue weighted by atomic mass is 10.3. The fourth-order valence-corrected chi connectivity index (χ4v) is 1.51. The molecule has 2 heterocycles. The monoisotopic (exact) mass is 219 g/mol. The van der Waals surface area contributed by atoms with Gasteiger partial charge in [0.25, 0.3) is 0 Å². The molecule has 0 amide bonds. The molecule has 0 saturated carbocycles. The van der Waals surface area contributed by atoms with E-state index >= 15 is 0 Å². The molecule has 84 valence electrons. The molecule has 0 aliphatic carbocycles. The molecule has 0 atom stereocenters. The van der Waals surface area contributed by atoms with E-state index in [1.165, 1.54) is 0 Å². The number of carbonyl (C=O) groups excluding carboxylic acids is 1. The van der Waals surface area contributed by atoms with Crippen LogP contribution in [0.5, 0.6) is 0 Å². The van der Waals surface area contributed by atoms with E-state index in [9.17, 15) is 4.79 Å². The minimum atomic E-state index is -0.206. The van der Waals surface area contributed by atoms with Gasteiger partial charge in [-0.05, 0) is 19.1 Å². The Morgan fingerprint density at radius 2 is 2.44 bits per heavy atom. The molecule has 2 aromatic rings. The van der Waals surface area contributed by atoms with E-state index in [1.807, 2.05) is 12.1 Å². The number of carbonyl (C=O) groups is 1. The van der Waals surface area contributed by atoms with Crippen molar-refractivity contribution in [3.8, 4) is 0 Å². The van der Waals surface area contributed by atoms with Gasteiger partial charge in [0.2, 0.25) is 0 Å². The van der Waals surface area contributed by atoms with E-state index < -0.39 is 0 Å². The molecule has 0 aliphatic heterocycles.